The number of amides is 1. The van der Waals surface area contributed by atoms with E-state index in [2.05, 4.69) is 5.10 Å². The zero-order chi connectivity index (χ0) is 22.1. The molecule has 0 saturated carbocycles. The largest absolute Gasteiger partial charge is 0.378 e. The van der Waals surface area contributed by atoms with Gasteiger partial charge in [0.25, 0.3) is 0 Å². The minimum Gasteiger partial charge on any atom is -0.378 e. The Labute approximate surface area is 193 Å². The molecule has 2 fully saturated rings. The molecule has 0 aliphatic carbocycles. The Kier molecular flexibility index (Phi) is 6.92. The third-order valence-electron chi connectivity index (χ3n) is 6.60. The van der Waals surface area contributed by atoms with Crippen LogP contribution in [0.2, 0.25) is 10.0 Å². The maximum absolute atomic E-state index is 13.2. The van der Waals surface area contributed by atoms with Gasteiger partial charge in [0.2, 0.25) is 5.91 Å². The van der Waals surface area contributed by atoms with Crippen molar-refractivity contribution in [1.29, 1.82) is 0 Å². The van der Waals surface area contributed by atoms with E-state index in [-0.39, 0.29) is 18.1 Å². The van der Waals surface area contributed by atoms with Gasteiger partial charge in [0.1, 0.15) is 0 Å². The lowest BCUT2D eigenvalue weighted by molar-refractivity contribution is -0.134. The van der Waals surface area contributed by atoms with Crippen LogP contribution in [0.3, 0.4) is 0 Å². The van der Waals surface area contributed by atoms with Crippen molar-refractivity contribution >= 4 is 29.1 Å². The average Bonchev–Trinajstić information content (AvgIpc) is 3.02. The summed E-state index contributed by atoms with van der Waals surface area (Å²) in [5.74, 6) is 0.500. The van der Waals surface area contributed by atoms with Gasteiger partial charge in [0.05, 0.1) is 28.9 Å². The number of nitrogens with two attached hydrogens (primary N) is 1. The summed E-state index contributed by atoms with van der Waals surface area (Å²) in [5, 5.41) is 5.76. The van der Waals surface area contributed by atoms with Gasteiger partial charge in [-0.15, -0.1) is 0 Å². The maximum Gasteiger partial charge on any atom is 0.227 e. The fourth-order valence-electron chi connectivity index (χ4n) is 4.81. The Morgan fingerprint density at radius 1 is 1.29 bits per heavy atom. The molecule has 2 N–H and O–H groups in total. The highest BCUT2D eigenvalue weighted by atomic mass is 35.5. The number of hydrogen-bond acceptors (Lipinski definition) is 4. The van der Waals surface area contributed by atoms with Gasteiger partial charge in [-0.05, 0) is 57.7 Å². The van der Waals surface area contributed by atoms with Gasteiger partial charge < -0.3 is 15.4 Å². The fraction of sp³-hybridized carbons (Fsp3) is 0.565. The monoisotopic (exact) mass is 464 g/mol. The highest BCUT2D eigenvalue weighted by Gasteiger charge is 2.33. The number of rotatable bonds is 4. The van der Waals surface area contributed by atoms with Crippen LogP contribution in [0.5, 0.6) is 0 Å². The highest BCUT2D eigenvalue weighted by molar-refractivity contribution is 6.35. The van der Waals surface area contributed by atoms with Crippen molar-refractivity contribution in [3.63, 3.8) is 0 Å². The summed E-state index contributed by atoms with van der Waals surface area (Å²) in [7, 11) is 0. The fourth-order valence-corrected chi connectivity index (χ4v) is 5.29. The van der Waals surface area contributed by atoms with Crippen LogP contribution in [-0.4, -0.2) is 52.4 Å². The smallest absolute Gasteiger partial charge is 0.227 e. The molecular formula is C23H30Cl2N4O2. The van der Waals surface area contributed by atoms with E-state index < -0.39 is 0 Å². The minimum absolute atomic E-state index is 0.137. The second-order valence-corrected chi connectivity index (χ2v) is 9.61. The van der Waals surface area contributed by atoms with E-state index in [1.165, 1.54) is 0 Å². The van der Waals surface area contributed by atoms with Crippen molar-refractivity contribution in [3.8, 4) is 5.69 Å². The zero-order valence-corrected chi connectivity index (χ0v) is 19.6. The van der Waals surface area contributed by atoms with Crippen molar-refractivity contribution in [1.82, 2.24) is 14.7 Å². The molecule has 2 aromatic rings. The number of halogens is 2. The van der Waals surface area contributed by atoms with E-state index >= 15 is 0 Å². The molecule has 4 rings (SSSR count). The van der Waals surface area contributed by atoms with Gasteiger partial charge in [-0.3, -0.25) is 4.79 Å². The number of nitrogens with zero attached hydrogens (tertiary/aromatic N) is 3. The number of ether oxygens (including phenoxy) is 1. The average molecular weight is 465 g/mol. The van der Waals surface area contributed by atoms with Crippen molar-refractivity contribution < 1.29 is 9.53 Å². The molecular weight excluding hydrogens is 435 g/mol. The molecule has 1 aromatic heterocycles. The number of piperidine rings is 1. The number of aryl methyl sites for hydroxylation is 1. The number of carbonyl (C=O) groups is 1. The summed E-state index contributed by atoms with van der Waals surface area (Å²) in [6.07, 6.45) is 4.40. The molecule has 2 saturated heterocycles. The lowest BCUT2D eigenvalue weighted by Gasteiger charge is -2.39. The molecule has 3 unspecified atom stereocenters. The molecule has 0 bridgehead atoms. The van der Waals surface area contributed by atoms with Crippen molar-refractivity contribution in [2.75, 3.05) is 19.7 Å². The van der Waals surface area contributed by atoms with Crippen molar-refractivity contribution in [2.45, 2.75) is 58.1 Å². The predicted octanol–water partition coefficient (Wildman–Crippen LogP) is 4.08. The van der Waals surface area contributed by atoms with Crippen LogP contribution < -0.4 is 5.73 Å². The summed E-state index contributed by atoms with van der Waals surface area (Å²) < 4.78 is 7.79. The molecule has 3 atom stereocenters. The lowest BCUT2D eigenvalue weighted by atomic mass is 9.87. The Bertz CT molecular complexity index is 961. The van der Waals surface area contributed by atoms with Crippen LogP contribution in [0.4, 0.5) is 0 Å². The molecule has 6 nitrogen and oxygen atoms in total. The second-order valence-electron chi connectivity index (χ2n) is 8.77. The Morgan fingerprint density at radius 3 is 2.84 bits per heavy atom. The molecule has 3 heterocycles. The normalized spacial score (nSPS) is 24.4. The van der Waals surface area contributed by atoms with Crippen LogP contribution in [0.25, 0.3) is 5.69 Å². The Morgan fingerprint density at radius 2 is 2.10 bits per heavy atom. The van der Waals surface area contributed by atoms with Gasteiger partial charge in [-0.2, -0.15) is 5.10 Å². The number of likely N-dealkylation sites (tertiary alicyclic amines) is 1. The van der Waals surface area contributed by atoms with Crippen molar-refractivity contribution in [2.24, 2.45) is 11.7 Å². The van der Waals surface area contributed by atoms with Crippen LogP contribution in [0.1, 0.15) is 42.6 Å². The minimum atomic E-state index is 0.137. The van der Waals surface area contributed by atoms with Crippen LogP contribution in [0, 0.1) is 19.8 Å². The molecule has 31 heavy (non-hydrogen) atoms. The van der Waals surface area contributed by atoms with E-state index in [9.17, 15) is 4.79 Å². The standard InChI is InChI=1S/C23H30Cl2N4O2/c1-14-19(15(2)29(27-14)21-6-5-17(24)10-20(21)25)12-23(30)28-8-3-4-16(13-28)22-11-18(26)7-9-31-22/h5-6,10,16,18,22H,3-4,7-9,11-13,26H2,1-2H3. The van der Waals surface area contributed by atoms with E-state index in [1.54, 1.807) is 16.8 Å². The van der Waals surface area contributed by atoms with Crippen LogP contribution >= 0.6 is 23.2 Å². The SMILES string of the molecule is Cc1nn(-c2ccc(Cl)cc2Cl)c(C)c1CC(=O)N1CCCC(C2CC(N)CCO2)C1. The first-order chi connectivity index (χ1) is 14.8. The van der Waals surface area contributed by atoms with E-state index in [0.29, 0.717) is 22.4 Å². The molecule has 0 radical (unpaired) electrons. The summed E-state index contributed by atoms with van der Waals surface area (Å²) in [6.45, 7) is 6.17. The zero-order valence-electron chi connectivity index (χ0n) is 18.1. The molecule has 2 aliphatic rings. The predicted molar refractivity (Wildman–Crippen MR) is 123 cm³/mol. The summed E-state index contributed by atoms with van der Waals surface area (Å²) in [6, 6.07) is 5.55. The molecule has 1 amide bonds. The second kappa shape index (κ2) is 9.49. The molecule has 0 spiro atoms. The molecule has 2 aliphatic heterocycles. The van der Waals surface area contributed by atoms with Crippen LogP contribution in [0.15, 0.2) is 18.2 Å². The topological polar surface area (TPSA) is 73.4 Å². The summed E-state index contributed by atoms with van der Waals surface area (Å²) >= 11 is 12.4. The first kappa shape index (κ1) is 22.6. The van der Waals surface area contributed by atoms with Crippen LogP contribution in [-0.2, 0) is 16.0 Å². The first-order valence-electron chi connectivity index (χ1n) is 11.0. The van der Waals surface area contributed by atoms with Gasteiger partial charge in [-0.25, -0.2) is 4.68 Å². The number of carbonyl (C=O) groups excluding carboxylic acids is 1. The number of benzene rings is 1. The number of aromatic nitrogens is 2. The molecule has 168 valence electrons. The number of hydrogen-bond donors (Lipinski definition) is 1. The highest BCUT2D eigenvalue weighted by Crippen LogP contribution is 2.29. The maximum atomic E-state index is 13.2. The third kappa shape index (κ3) is 4.92. The van der Waals surface area contributed by atoms with E-state index in [0.717, 1.165) is 68.0 Å². The van der Waals surface area contributed by atoms with Gasteiger partial charge in [0.15, 0.2) is 0 Å². The summed E-state index contributed by atoms with van der Waals surface area (Å²) in [4.78, 5) is 15.2. The Hall–Kier alpha value is -1.60. The Balaban J connectivity index is 1.47. The molecule has 8 heteroatoms. The first-order valence-corrected chi connectivity index (χ1v) is 11.7. The van der Waals surface area contributed by atoms with Gasteiger partial charge >= 0.3 is 0 Å². The van der Waals surface area contributed by atoms with Gasteiger partial charge in [-0.1, -0.05) is 23.2 Å². The van der Waals surface area contributed by atoms with Crippen molar-refractivity contribution in [3.05, 3.63) is 45.2 Å². The lowest BCUT2D eigenvalue weighted by Crippen LogP contribution is -2.47. The van der Waals surface area contributed by atoms with Gasteiger partial charge in [0, 0.05) is 47.9 Å². The third-order valence-corrected chi connectivity index (χ3v) is 7.14. The molecule has 1 aromatic carbocycles. The van der Waals surface area contributed by atoms with E-state index in [4.69, 9.17) is 33.7 Å². The van der Waals surface area contributed by atoms with E-state index in [1.807, 2.05) is 24.8 Å². The quantitative estimate of drug-likeness (QED) is 0.739. The summed E-state index contributed by atoms with van der Waals surface area (Å²) in [5.41, 5.74) is 9.62.